The molecule has 2 nitrogen and oxygen atoms in total. The molecule has 0 amide bonds. The summed E-state index contributed by atoms with van der Waals surface area (Å²) in [4.78, 5) is 9.45. The quantitative estimate of drug-likeness (QED) is 0.416. The van der Waals surface area contributed by atoms with Crippen molar-refractivity contribution in [2.24, 2.45) is 0 Å². The van der Waals surface area contributed by atoms with Crippen molar-refractivity contribution in [3.8, 4) is 0 Å². The summed E-state index contributed by atoms with van der Waals surface area (Å²) < 4.78 is 0. The summed E-state index contributed by atoms with van der Waals surface area (Å²) in [7, 11) is 9.23. The summed E-state index contributed by atoms with van der Waals surface area (Å²) >= 11 is 0. The molecule has 4 heteroatoms. The highest BCUT2D eigenvalue weighted by Crippen LogP contribution is 1.84. The number of aliphatic carboxylic acids is 1. The minimum Gasteiger partial charge on any atom is -0.482 e. The Morgan fingerprint density at radius 1 is 1.67 bits per heavy atom. The Kier molecular flexibility index (Phi) is 1.77. The standard InChI is InChI=1S/C2H2B2O2/c3-1(4)2(5)6/h1H,(H,5,6). The van der Waals surface area contributed by atoms with E-state index < -0.39 is 11.7 Å². The van der Waals surface area contributed by atoms with Gasteiger partial charge in [0.05, 0.1) is 15.7 Å². The fraction of sp³-hybridized carbons (Fsp3) is 0.500. The highest BCUT2D eigenvalue weighted by Gasteiger charge is 1.98. The fourth-order valence-corrected chi connectivity index (χ4v) is 0. The van der Waals surface area contributed by atoms with Gasteiger partial charge in [-0.15, -0.1) is 0 Å². The second-order valence-electron chi connectivity index (χ2n) is 0.864. The zero-order valence-corrected chi connectivity index (χ0v) is 3.09. The van der Waals surface area contributed by atoms with Gasteiger partial charge in [-0.05, 0) is 5.72 Å². The molecule has 6 heavy (non-hydrogen) atoms. The van der Waals surface area contributed by atoms with Gasteiger partial charge in [-0.2, -0.15) is 0 Å². The maximum absolute atomic E-state index is 9.45. The molecule has 0 bridgehead atoms. The Morgan fingerprint density at radius 3 is 1.83 bits per heavy atom. The smallest absolute Gasteiger partial charge is 0.289 e. The summed E-state index contributed by atoms with van der Waals surface area (Å²) in [5.74, 6) is -1.19. The van der Waals surface area contributed by atoms with Crippen molar-refractivity contribution in [1.82, 2.24) is 0 Å². The lowest BCUT2D eigenvalue weighted by atomic mass is 9.71. The minimum atomic E-state index is -1.23. The van der Waals surface area contributed by atoms with Crippen LogP contribution in [0, 0.1) is 0 Å². The van der Waals surface area contributed by atoms with Crippen LogP contribution in [0.5, 0.6) is 0 Å². The molecular formula is C2H2B2O2. The van der Waals surface area contributed by atoms with Crippen LogP contribution < -0.4 is 0 Å². The summed E-state index contributed by atoms with van der Waals surface area (Å²) in [6.45, 7) is 0. The zero-order chi connectivity index (χ0) is 5.15. The van der Waals surface area contributed by atoms with Crippen molar-refractivity contribution in [3.63, 3.8) is 0 Å². The van der Waals surface area contributed by atoms with E-state index in [-0.39, 0.29) is 0 Å². The van der Waals surface area contributed by atoms with E-state index in [1.54, 1.807) is 0 Å². The summed E-state index contributed by atoms with van der Waals surface area (Å²) in [6.07, 6.45) is 0. The van der Waals surface area contributed by atoms with Crippen molar-refractivity contribution in [2.45, 2.75) is 5.72 Å². The molecule has 0 saturated carbocycles. The van der Waals surface area contributed by atoms with E-state index >= 15 is 0 Å². The third kappa shape index (κ3) is 1.88. The van der Waals surface area contributed by atoms with Crippen LogP contribution >= 0.6 is 0 Å². The molecule has 0 aromatic rings. The van der Waals surface area contributed by atoms with Crippen molar-refractivity contribution >= 4 is 21.7 Å². The minimum absolute atomic E-state index is 1.19. The third-order valence-electron chi connectivity index (χ3n) is 0.285. The normalized spacial score (nSPS) is 8.83. The number of hydrogen-bond acceptors (Lipinski definition) is 1. The third-order valence-corrected chi connectivity index (χ3v) is 0.285. The maximum Gasteiger partial charge on any atom is 0.289 e. The van der Waals surface area contributed by atoms with Gasteiger partial charge in [0, 0.05) is 0 Å². The highest BCUT2D eigenvalue weighted by molar-refractivity contribution is 6.44. The van der Waals surface area contributed by atoms with Crippen LogP contribution in [0.25, 0.3) is 0 Å². The van der Waals surface area contributed by atoms with Crippen molar-refractivity contribution < 1.29 is 9.90 Å². The van der Waals surface area contributed by atoms with Crippen LogP contribution in [0.2, 0.25) is 5.72 Å². The molecule has 0 aliphatic heterocycles. The van der Waals surface area contributed by atoms with Gasteiger partial charge in [0.2, 0.25) is 0 Å². The molecule has 0 heterocycles. The van der Waals surface area contributed by atoms with Crippen LogP contribution in [0.1, 0.15) is 0 Å². The molecule has 0 rings (SSSR count). The van der Waals surface area contributed by atoms with Crippen LogP contribution in [-0.2, 0) is 4.79 Å². The van der Waals surface area contributed by atoms with Crippen molar-refractivity contribution in [2.75, 3.05) is 0 Å². The van der Waals surface area contributed by atoms with Gasteiger partial charge in [0.25, 0.3) is 5.97 Å². The molecule has 0 spiro atoms. The predicted octanol–water partition coefficient (Wildman–Crippen LogP) is -0.846. The summed E-state index contributed by atoms with van der Waals surface area (Å²) in [6, 6.07) is 0. The van der Waals surface area contributed by atoms with E-state index in [1.807, 2.05) is 0 Å². The van der Waals surface area contributed by atoms with Gasteiger partial charge in [0.15, 0.2) is 0 Å². The van der Waals surface area contributed by atoms with E-state index in [9.17, 15) is 4.79 Å². The Hall–Kier alpha value is -0.400. The van der Waals surface area contributed by atoms with E-state index in [2.05, 4.69) is 15.7 Å². The van der Waals surface area contributed by atoms with Gasteiger partial charge in [-0.1, -0.05) is 0 Å². The first-order chi connectivity index (χ1) is 2.64. The van der Waals surface area contributed by atoms with E-state index in [4.69, 9.17) is 5.11 Å². The molecule has 0 aromatic carbocycles. The largest absolute Gasteiger partial charge is 0.482 e. The maximum atomic E-state index is 9.45. The molecule has 28 valence electrons. The topological polar surface area (TPSA) is 37.3 Å². The van der Waals surface area contributed by atoms with Gasteiger partial charge >= 0.3 is 0 Å². The fourth-order valence-electron chi connectivity index (χ4n) is 0. The number of carboxylic acids is 1. The Bertz CT molecular complexity index is 60.6. The molecule has 0 fully saturated rings. The average Bonchev–Trinajstić information content (AvgIpc) is 1.36. The van der Waals surface area contributed by atoms with Crippen LogP contribution in [0.4, 0.5) is 0 Å². The SMILES string of the molecule is [B]C([B])C(=O)O. The molecule has 1 N–H and O–H groups in total. The summed E-state index contributed by atoms with van der Waals surface area (Å²) in [5, 5.41) is 7.74. The number of hydrogen-bond donors (Lipinski definition) is 1. The molecule has 0 saturated heterocycles. The van der Waals surface area contributed by atoms with Gasteiger partial charge in [-0.3, -0.25) is 4.79 Å². The lowest BCUT2D eigenvalue weighted by molar-refractivity contribution is -0.135. The number of carboxylic acid groups (broad SMARTS) is 1. The highest BCUT2D eigenvalue weighted by atomic mass is 16.4. The molecule has 0 atom stereocenters. The Morgan fingerprint density at radius 2 is 1.83 bits per heavy atom. The number of carbonyl (C=O) groups is 1. The Balaban J connectivity index is 3.26. The lowest BCUT2D eigenvalue weighted by Crippen LogP contribution is -2.05. The van der Waals surface area contributed by atoms with Gasteiger partial charge in [0.1, 0.15) is 0 Å². The molecule has 0 aliphatic carbocycles. The second kappa shape index (κ2) is 1.90. The molecule has 0 aromatic heterocycles. The predicted molar refractivity (Wildman–Crippen MR) is 22.9 cm³/mol. The van der Waals surface area contributed by atoms with Crippen LogP contribution in [0.3, 0.4) is 0 Å². The van der Waals surface area contributed by atoms with Crippen molar-refractivity contribution in [3.05, 3.63) is 0 Å². The van der Waals surface area contributed by atoms with Gasteiger partial charge < -0.3 is 5.11 Å². The van der Waals surface area contributed by atoms with E-state index in [1.165, 1.54) is 0 Å². The zero-order valence-electron chi connectivity index (χ0n) is 3.09. The first kappa shape index (κ1) is 5.60. The second-order valence-corrected chi connectivity index (χ2v) is 0.864. The van der Waals surface area contributed by atoms with Gasteiger partial charge in [-0.25, -0.2) is 0 Å². The lowest BCUT2D eigenvalue weighted by Gasteiger charge is -1.89. The molecule has 0 unspecified atom stereocenters. The van der Waals surface area contributed by atoms with E-state index in [0.29, 0.717) is 0 Å². The van der Waals surface area contributed by atoms with Crippen LogP contribution in [0.15, 0.2) is 0 Å². The molecule has 0 aliphatic rings. The first-order valence-corrected chi connectivity index (χ1v) is 1.38. The van der Waals surface area contributed by atoms with Crippen molar-refractivity contribution in [1.29, 1.82) is 0 Å². The summed E-state index contributed by atoms with van der Waals surface area (Å²) in [5.41, 5.74) is -1.23. The monoisotopic (exact) mass is 80.0 g/mol. The average molecular weight is 79.7 g/mol. The molecule has 4 radical (unpaired) electrons. The number of rotatable bonds is 1. The Labute approximate surface area is 38.4 Å². The van der Waals surface area contributed by atoms with Crippen LogP contribution in [-0.4, -0.2) is 26.8 Å². The molecular weight excluding hydrogens is 77.6 g/mol. The van der Waals surface area contributed by atoms with E-state index in [0.717, 1.165) is 0 Å². The first-order valence-electron chi connectivity index (χ1n) is 1.38.